The van der Waals surface area contributed by atoms with Crippen molar-refractivity contribution < 1.29 is 4.74 Å². The second kappa shape index (κ2) is 10.9. The van der Waals surface area contributed by atoms with Crippen LogP contribution in [0.2, 0.25) is 0 Å². The molecule has 0 saturated carbocycles. The van der Waals surface area contributed by atoms with Gasteiger partial charge in [-0.3, -0.25) is 0 Å². The summed E-state index contributed by atoms with van der Waals surface area (Å²) in [6, 6.07) is 18.7. The molecule has 1 atom stereocenters. The van der Waals surface area contributed by atoms with E-state index in [0.29, 0.717) is 0 Å². The molecular formula is C26H32NO. The molecule has 0 aromatic heterocycles. The Kier molecular flexibility index (Phi) is 8.00. The third kappa shape index (κ3) is 6.73. The third-order valence-corrected chi connectivity index (χ3v) is 5.13. The van der Waals surface area contributed by atoms with Crippen molar-refractivity contribution in [2.24, 2.45) is 0 Å². The molecule has 1 heterocycles. The van der Waals surface area contributed by atoms with Crippen LogP contribution < -0.4 is 4.74 Å². The first kappa shape index (κ1) is 20.5. The van der Waals surface area contributed by atoms with E-state index in [1.54, 1.807) is 0 Å². The van der Waals surface area contributed by atoms with Crippen LogP contribution in [0.1, 0.15) is 63.2 Å². The Bertz CT molecular complexity index is 749. The largest absolute Gasteiger partial charge is 0.486 e. The van der Waals surface area contributed by atoms with Crippen LogP contribution in [-0.4, -0.2) is 24.5 Å². The van der Waals surface area contributed by atoms with Gasteiger partial charge in [0, 0.05) is 18.5 Å². The maximum atomic E-state index is 6.30. The minimum Gasteiger partial charge on any atom is -0.486 e. The molecule has 0 bridgehead atoms. The quantitative estimate of drug-likeness (QED) is 0.548. The van der Waals surface area contributed by atoms with Crippen molar-refractivity contribution in [2.45, 2.75) is 52.1 Å². The van der Waals surface area contributed by atoms with Crippen molar-refractivity contribution >= 4 is 0 Å². The van der Waals surface area contributed by atoms with E-state index in [1.807, 2.05) is 18.2 Å². The molecule has 1 radical (unpaired) electrons. The normalized spacial score (nSPS) is 15.7. The van der Waals surface area contributed by atoms with Crippen molar-refractivity contribution in [3.05, 3.63) is 71.6 Å². The molecule has 1 aliphatic rings. The molecule has 2 aromatic rings. The van der Waals surface area contributed by atoms with Crippen LogP contribution in [0.25, 0.3) is 0 Å². The Hall–Kier alpha value is -2.24. The lowest BCUT2D eigenvalue weighted by atomic mass is 9.99. The van der Waals surface area contributed by atoms with E-state index in [4.69, 9.17) is 4.74 Å². The molecule has 1 saturated heterocycles. The Morgan fingerprint density at radius 2 is 1.68 bits per heavy atom. The first-order valence-electron chi connectivity index (χ1n) is 10.5. The minimum absolute atomic E-state index is 0.0488. The molecular weight excluding hydrogens is 342 g/mol. The van der Waals surface area contributed by atoms with Crippen LogP contribution >= 0.6 is 0 Å². The fourth-order valence-electron chi connectivity index (χ4n) is 3.61. The molecule has 0 amide bonds. The van der Waals surface area contributed by atoms with Crippen molar-refractivity contribution in [2.75, 3.05) is 19.6 Å². The van der Waals surface area contributed by atoms with Crippen LogP contribution in [-0.2, 0) is 0 Å². The van der Waals surface area contributed by atoms with Gasteiger partial charge >= 0.3 is 0 Å². The smallest absolute Gasteiger partial charge is 0.124 e. The van der Waals surface area contributed by atoms with Gasteiger partial charge in [0.15, 0.2) is 0 Å². The van der Waals surface area contributed by atoms with Crippen molar-refractivity contribution in [1.82, 2.24) is 4.90 Å². The predicted molar refractivity (Wildman–Crippen MR) is 117 cm³/mol. The molecule has 1 fully saturated rings. The van der Waals surface area contributed by atoms with Gasteiger partial charge in [0.2, 0.25) is 0 Å². The number of ether oxygens (including phenoxy) is 1. The van der Waals surface area contributed by atoms with Crippen molar-refractivity contribution in [3.8, 4) is 17.6 Å². The standard InChI is InChI=1S/C26H32NO/c1-22(2)21-26(24-12-5-3-6-13-24)28-25-16-14-23(15-17-25)11-7-10-20-27-18-8-4-9-19-27/h3,5-6,12-17,26H,4,8-10,18-21H2,1-2H3. The second-order valence-electron chi connectivity index (χ2n) is 7.91. The summed E-state index contributed by atoms with van der Waals surface area (Å²) < 4.78 is 6.30. The molecule has 1 unspecified atom stereocenters. The van der Waals surface area contributed by atoms with E-state index in [0.717, 1.165) is 30.7 Å². The number of nitrogens with zero attached hydrogens (tertiary/aromatic N) is 1. The van der Waals surface area contributed by atoms with Crippen molar-refractivity contribution in [1.29, 1.82) is 0 Å². The summed E-state index contributed by atoms with van der Waals surface area (Å²) in [5.74, 6) is 8.88. The van der Waals surface area contributed by atoms with E-state index in [1.165, 1.54) is 43.8 Å². The molecule has 0 spiro atoms. The average molecular weight is 375 g/mol. The summed E-state index contributed by atoms with van der Waals surface area (Å²) in [7, 11) is 0. The van der Waals surface area contributed by atoms with Crippen LogP contribution in [0.3, 0.4) is 0 Å². The van der Waals surface area contributed by atoms with Gasteiger partial charge in [0.05, 0.1) is 0 Å². The lowest BCUT2D eigenvalue weighted by Gasteiger charge is -2.25. The summed E-state index contributed by atoms with van der Waals surface area (Å²) in [6.45, 7) is 7.89. The molecule has 147 valence electrons. The highest BCUT2D eigenvalue weighted by molar-refractivity contribution is 5.38. The van der Waals surface area contributed by atoms with Gasteiger partial charge in [-0.15, -0.1) is 0 Å². The summed E-state index contributed by atoms with van der Waals surface area (Å²) in [5, 5.41) is 0. The van der Waals surface area contributed by atoms with E-state index >= 15 is 0 Å². The van der Waals surface area contributed by atoms with Crippen LogP contribution in [0.4, 0.5) is 0 Å². The van der Waals surface area contributed by atoms with E-state index in [2.05, 4.69) is 67.0 Å². The summed E-state index contributed by atoms with van der Waals surface area (Å²) >= 11 is 0. The van der Waals surface area contributed by atoms with E-state index in [-0.39, 0.29) is 6.10 Å². The fraction of sp³-hybridized carbons (Fsp3) is 0.423. The highest BCUT2D eigenvalue weighted by Gasteiger charge is 2.15. The van der Waals surface area contributed by atoms with Crippen LogP contribution in [0, 0.1) is 17.8 Å². The van der Waals surface area contributed by atoms with E-state index in [9.17, 15) is 0 Å². The van der Waals surface area contributed by atoms with Crippen LogP contribution in [0.15, 0.2) is 54.6 Å². The van der Waals surface area contributed by atoms with Gasteiger partial charge in [-0.25, -0.2) is 0 Å². The zero-order valence-corrected chi connectivity index (χ0v) is 17.3. The van der Waals surface area contributed by atoms with Crippen molar-refractivity contribution in [3.63, 3.8) is 0 Å². The number of rotatable bonds is 7. The summed E-state index contributed by atoms with van der Waals surface area (Å²) in [4.78, 5) is 2.53. The molecule has 0 aliphatic carbocycles. The Morgan fingerprint density at radius 1 is 0.964 bits per heavy atom. The lowest BCUT2D eigenvalue weighted by Crippen LogP contribution is -2.30. The summed E-state index contributed by atoms with van der Waals surface area (Å²) in [6.07, 6.45) is 5.98. The van der Waals surface area contributed by atoms with Gasteiger partial charge < -0.3 is 9.64 Å². The van der Waals surface area contributed by atoms with E-state index < -0.39 is 0 Å². The number of likely N-dealkylation sites (tertiary alicyclic amines) is 1. The topological polar surface area (TPSA) is 12.5 Å². The van der Waals surface area contributed by atoms with Gasteiger partial charge in [0.25, 0.3) is 0 Å². The minimum atomic E-state index is 0.0488. The van der Waals surface area contributed by atoms with Crippen LogP contribution in [0.5, 0.6) is 5.75 Å². The fourth-order valence-corrected chi connectivity index (χ4v) is 3.61. The zero-order chi connectivity index (χ0) is 19.6. The van der Waals surface area contributed by atoms with Gasteiger partial charge in [-0.1, -0.05) is 62.4 Å². The second-order valence-corrected chi connectivity index (χ2v) is 7.91. The molecule has 2 aromatic carbocycles. The van der Waals surface area contributed by atoms with Gasteiger partial charge in [-0.2, -0.15) is 0 Å². The lowest BCUT2D eigenvalue weighted by molar-refractivity contribution is 0.199. The number of hydrogen-bond acceptors (Lipinski definition) is 2. The number of hydrogen-bond donors (Lipinski definition) is 0. The molecule has 2 nitrogen and oxygen atoms in total. The zero-order valence-electron chi connectivity index (χ0n) is 17.3. The Labute approximate surface area is 170 Å². The third-order valence-electron chi connectivity index (χ3n) is 5.13. The monoisotopic (exact) mass is 374 g/mol. The molecule has 2 heteroatoms. The van der Waals surface area contributed by atoms with Gasteiger partial charge in [0.1, 0.15) is 11.9 Å². The highest BCUT2D eigenvalue weighted by atomic mass is 16.5. The predicted octanol–water partition coefficient (Wildman–Crippen LogP) is 6.04. The molecule has 1 aliphatic heterocycles. The van der Waals surface area contributed by atoms with Gasteiger partial charge in [-0.05, 0) is 68.1 Å². The molecule has 28 heavy (non-hydrogen) atoms. The Morgan fingerprint density at radius 3 is 2.36 bits per heavy atom. The highest BCUT2D eigenvalue weighted by Crippen LogP contribution is 2.28. The number of benzene rings is 2. The maximum absolute atomic E-state index is 6.30. The summed E-state index contributed by atoms with van der Waals surface area (Å²) in [5.41, 5.74) is 2.27. The SMILES string of the molecule is C[C](C)CC(Oc1ccc(C#CCCN2CCCCC2)cc1)c1ccccc1. The maximum Gasteiger partial charge on any atom is 0.124 e. The first-order valence-corrected chi connectivity index (χ1v) is 10.5. The average Bonchev–Trinajstić information content (AvgIpc) is 2.73. The molecule has 0 N–H and O–H groups in total. The number of piperidine rings is 1. The Balaban J connectivity index is 1.55. The first-order chi connectivity index (χ1) is 13.7. The molecule has 3 rings (SSSR count).